The maximum Gasteiger partial charge on any atom is 0.292 e. The Kier molecular flexibility index (Phi) is 3.66. The number of nitrogens with two attached hydrogens (primary N) is 1. The van der Waals surface area contributed by atoms with Gasteiger partial charge in [0.2, 0.25) is 5.78 Å². The first kappa shape index (κ1) is 13.9. The van der Waals surface area contributed by atoms with Crippen molar-refractivity contribution in [3.63, 3.8) is 0 Å². The number of rotatable bonds is 4. The monoisotopic (exact) mass is 292 g/mol. The van der Waals surface area contributed by atoms with Crippen LogP contribution in [-0.2, 0) is 0 Å². The molecule has 0 spiro atoms. The largest absolute Gasteiger partial charge is 0.393 e. The van der Waals surface area contributed by atoms with Crippen LogP contribution in [-0.4, -0.2) is 22.7 Å². The zero-order chi connectivity index (χ0) is 14.9. The fourth-order valence-electron chi connectivity index (χ4n) is 1.69. The van der Waals surface area contributed by atoms with Crippen molar-refractivity contribution in [2.24, 2.45) is 0 Å². The van der Waals surface area contributed by atoms with E-state index in [1.165, 1.54) is 29.5 Å². The second-order valence-corrected chi connectivity index (χ2v) is 5.04. The van der Waals surface area contributed by atoms with E-state index in [-0.39, 0.29) is 22.7 Å². The van der Waals surface area contributed by atoms with Gasteiger partial charge in [0.05, 0.1) is 15.5 Å². The summed E-state index contributed by atoms with van der Waals surface area (Å²) in [7, 11) is 1.71. The molecule has 104 valence electrons. The summed E-state index contributed by atoms with van der Waals surface area (Å²) in [6.07, 6.45) is 0. The van der Waals surface area contributed by atoms with Crippen molar-refractivity contribution in [1.29, 1.82) is 0 Å². The van der Waals surface area contributed by atoms with Gasteiger partial charge in [-0.3, -0.25) is 14.9 Å². The molecule has 20 heavy (non-hydrogen) atoms. The Morgan fingerprint density at radius 3 is 2.75 bits per heavy atom. The molecule has 8 heteroatoms. The molecule has 1 aromatic heterocycles. The molecule has 0 fully saturated rings. The van der Waals surface area contributed by atoms with Crippen molar-refractivity contribution in [2.45, 2.75) is 6.92 Å². The van der Waals surface area contributed by atoms with Crippen LogP contribution in [0.25, 0.3) is 0 Å². The maximum atomic E-state index is 12.4. The Morgan fingerprint density at radius 2 is 2.20 bits per heavy atom. The first-order chi connectivity index (χ1) is 9.43. The molecule has 0 aliphatic heterocycles. The van der Waals surface area contributed by atoms with Crippen molar-refractivity contribution in [3.8, 4) is 0 Å². The predicted molar refractivity (Wildman–Crippen MR) is 77.3 cm³/mol. The summed E-state index contributed by atoms with van der Waals surface area (Å²) in [5.41, 5.74) is 6.08. The highest BCUT2D eigenvalue weighted by molar-refractivity contribution is 7.17. The molecule has 2 aromatic rings. The normalized spacial score (nSPS) is 10.3. The van der Waals surface area contributed by atoms with Crippen molar-refractivity contribution >= 4 is 33.6 Å². The number of carbonyl (C=O) groups is 1. The molecule has 0 aliphatic rings. The van der Waals surface area contributed by atoms with Crippen LogP contribution in [0.4, 0.5) is 16.5 Å². The fraction of sp³-hybridized carbons (Fsp3) is 0.167. The van der Waals surface area contributed by atoms with Crippen LogP contribution in [0.3, 0.4) is 0 Å². The van der Waals surface area contributed by atoms with Crippen LogP contribution in [0, 0.1) is 17.0 Å². The lowest BCUT2D eigenvalue weighted by atomic mass is 10.1. The second kappa shape index (κ2) is 5.25. The number of benzene rings is 1. The lowest BCUT2D eigenvalue weighted by molar-refractivity contribution is -0.383. The van der Waals surface area contributed by atoms with Gasteiger partial charge in [-0.2, -0.15) is 0 Å². The van der Waals surface area contributed by atoms with Gasteiger partial charge in [-0.25, -0.2) is 4.98 Å². The molecule has 0 radical (unpaired) electrons. The van der Waals surface area contributed by atoms with Crippen LogP contribution in [0.2, 0.25) is 0 Å². The SMILES string of the molecule is CNc1nc(C)c(C(=O)c2ccc(N)c([N+](=O)[O-])c2)s1. The lowest BCUT2D eigenvalue weighted by Crippen LogP contribution is -2.03. The highest BCUT2D eigenvalue weighted by Gasteiger charge is 2.20. The number of nitrogens with zero attached hydrogens (tertiary/aromatic N) is 2. The van der Waals surface area contributed by atoms with Gasteiger partial charge in [0.15, 0.2) is 5.13 Å². The minimum Gasteiger partial charge on any atom is -0.393 e. The van der Waals surface area contributed by atoms with E-state index in [0.29, 0.717) is 15.7 Å². The number of hydrogen-bond acceptors (Lipinski definition) is 7. The molecular formula is C12H12N4O3S. The first-order valence-corrected chi connectivity index (χ1v) is 6.49. The smallest absolute Gasteiger partial charge is 0.292 e. The summed E-state index contributed by atoms with van der Waals surface area (Å²) in [6.45, 7) is 1.72. The lowest BCUT2D eigenvalue weighted by Gasteiger charge is -2.01. The van der Waals surface area contributed by atoms with Gasteiger partial charge in [-0.15, -0.1) is 0 Å². The number of carbonyl (C=O) groups excluding carboxylic acids is 1. The van der Waals surface area contributed by atoms with E-state index in [1.807, 2.05) is 0 Å². The number of thiazole rings is 1. The number of nitrogen functional groups attached to an aromatic ring is 1. The molecule has 0 aliphatic carbocycles. The number of aromatic nitrogens is 1. The van der Waals surface area contributed by atoms with Gasteiger partial charge in [0, 0.05) is 18.7 Å². The Morgan fingerprint density at radius 1 is 1.50 bits per heavy atom. The van der Waals surface area contributed by atoms with Crippen LogP contribution in [0.1, 0.15) is 20.9 Å². The molecule has 0 saturated heterocycles. The Labute approximate surface area is 118 Å². The van der Waals surface area contributed by atoms with E-state index >= 15 is 0 Å². The zero-order valence-corrected chi connectivity index (χ0v) is 11.7. The van der Waals surface area contributed by atoms with Crippen LogP contribution in [0.5, 0.6) is 0 Å². The molecule has 0 unspecified atom stereocenters. The first-order valence-electron chi connectivity index (χ1n) is 5.68. The summed E-state index contributed by atoms with van der Waals surface area (Å²) >= 11 is 1.21. The van der Waals surface area contributed by atoms with E-state index in [0.717, 1.165) is 0 Å². The molecule has 3 N–H and O–H groups in total. The molecule has 0 saturated carbocycles. The van der Waals surface area contributed by atoms with Crippen molar-refractivity contribution in [1.82, 2.24) is 4.98 Å². The summed E-state index contributed by atoms with van der Waals surface area (Å²) in [5.74, 6) is -0.301. The summed E-state index contributed by atoms with van der Waals surface area (Å²) in [4.78, 5) is 27.2. The van der Waals surface area contributed by atoms with E-state index in [4.69, 9.17) is 5.73 Å². The quantitative estimate of drug-likeness (QED) is 0.387. The molecule has 7 nitrogen and oxygen atoms in total. The number of anilines is 2. The molecule has 1 aromatic carbocycles. The van der Waals surface area contributed by atoms with Gasteiger partial charge < -0.3 is 11.1 Å². The van der Waals surface area contributed by atoms with Gasteiger partial charge in [-0.05, 0) is 19.1 Å². The van der Waals surface area contributed by atoms with E-state index in [2.05, 4.69) is 10.3 Å². The van der Waals surface area contributed by atoms with Crippen LogP contribution >= 0.6 is 11.3 Å². The molecule has 0 amide bonds. The van der Waals surface area contributed by atoms with Crippen LogP contribution < -0.4 is 11.1 Å². The van der Waals surface area contributed by atoms with Gasteiger partial charge in [-0.1, -0.05) is 11.3 Å². The number of nitrogens with one attached hydrogen (secondary N) is 1. The average molecular weight is 292 g/mol. The molecule has 1 heterocycles. The van der Waals surface area contributed by atoms with Gasteiger partial charge >= 0.3 is 0 Å². The predicted octanol–water partition coefficient (Wildman–Crippen LogP) is 2.21. The fourth-order valence-corrected chi connectivity index (χ4v) is 2.57. The zero-order valence-electron chi connectivity index (χ0n) is 10.8. The molecule has 0 bridgehead atoms. The van der Waals surface area contributed by atoms with Crippen molar-refractivity contribution < 1.29 is 9.72 Å². The summed E-state index contributed by atoms with van der Waals surface area (Å²) < 4.78 is 0. The van der Waals surface area contributed by atoms with E-state index in [9.17, 15) is 14.9 Å². The number of hydrogen-bond donors (Lipinski definition) is 2. The summed E-state index contributed by atoms with van der Waals surface area (Å²) in [6, 6.07) is 4.03. The average Bonchev–Trinajstić information content (AvgIpc) is 2.79. The number of aryl methyl sites for hydroxylation is 1. The Hall–Kier alpha value is -2.48. The highest BCUT2D eigenvalue weighted by Crippen LogP contribution is 2.28. The molecular weight excluding hydrogens is 280 g/mol. The third-order valence-electron chi connectivity index (χ3n) is 2.71. The third kappa shape index (κ3) is 2.45. The standard InChI is InChI=1S/C12H12N4O3S/c1-6-11(20-12(14-2)15-6)10(17)7-3-4-8(13)9(5-7)16(18)19/h3-5H,13H2,1-2H3,(H,14,15). The van der Waals surface area contributed by atoms with E-state index < -0.39 is 4.92 Å². The highest BCUT2D eigenvalue weighted by atomic mass is 32.1. The molecule has 2 rings (SSSR count). The third-order valence-corrected chi connectivity index (χ3v) is 3.88. The number of nitro groups is 1. The molecule has 0 atom stereocenters. The Bertz CT molecular complexity index is 696. The number of nitro benzene ring substituents is 1. The maximum absolute atomic E-state index is 12.4. The van der Waals surface area contributed by atoms with Crippen molar-refractivity contribution in [2.75, 3.05) is 18.1 Å². The summed E-state index contributed by atoms with van der Waals surface area (Å²) in [5, 5.41) is 14.3. The van der Waals surface area contributed by atoms with Crippen LogP contribution in [0.15, 0.2) is 18.2 Å². The number of ketones is 1. The minimum absolute atomic E-state index is 0.0310. The van der Waals surface area contributed by atoms with Crippen molar-refractivity contribution in [3.05, 3.63) is 44.4 Å². The second-order valence-electron chi connectivity index (χ2n) is 4.04. The van der Waals surface area contributed by atoms with Gasteiger partial charge in [0.1, 0.15) is 5.69 Å². The van der Waals surface area contributed by atoms with Gasteiger partial charge in [0.25, 0.3) is 5.69 Å². The van der Waals surface area contributed by atoms with E-state index in [1.54, 1.807) is 14.0 Å². The minimum atomic E-state index is -0.606. The Balaban J connectivity index is 2.45. The topological polar surface area (TPSA) is 111 Å².